The molecule has 1 aromatic heterocycles. The van der Waals surface area contributed by atoms with Crippen molar-refractivity contribution in [2.45, 2.75) is 6.92 Å². The number of nitrogens with one attached hydrogen (secondary N) is 2. The number of ether oxygens (including phenoxy) is 1. The monoisotopic (exact) mass is 327 g/mol. The van der Waals surface area contributed by atoms with Gasteiger partial charge in [0.05, 0.1) is 17.3 Å². The van der Waals surface area contributed by atoms with E-state index in [0.29, 0.717) is 11.7 Å². The van der Waals surface area contributed by atoms with Gasteiger partial charge in [-0.25, -0.2) is 9.78 Å². The summed E-state index contributed by atoms with van der Waals surface area (Å²) >= 11 is 1.45. The van der Waals surface area contributed by atoms with Gasteiger partial charge in [0.25, 0.3) is 0 Å². The molecular formula is C17H17N3O2S. The molecule has 0 aliphatic carbocycles. The average Bonchev–Trinajstić information content (AvgIpc) is 2.96. The minimum atomic E-state index is -0.239. The van der Waals surface area contributed by atoms with Crippen molar-refractivity contribution in [1.82, 2.24) is 10.3 Å². The summed E-state index contributed by atoms with van der Waals surface area (Å²) in [6, 6.07) is 13.7. The number of carbonyl (C=O) groups excluding carboxylic acids is 1. The molecule has 3 rings (SSSR count). The molecule has 0 unspecified atom stereocenters. The zero-order valence-corrected chi connectivity index (χ0v) is 13.7. The van der Waals surface area contributed by atoms with E-state index in [1.54, 1.807) is 7.11 Å². The number of nitrogens with zero attached hydrogens (tertiary/aromatic N) is 1. The van der Waals surface area contributed by atoms with Gasteiger partial charge < -0.3 is 10.1 Å². The van der Waals surface area contributed by atoms with Crippen LogP contribution in [0.15, 0.2) is 42.5 Å². The Labute approximate surface area is 138 Å². The number of methoxy groups -OCH3 is 1. The van der Waals surface area contributed by atoms with E-state index in [1.165, 1.54) is 11.3 Å². The maximum absolute atomic E-state index is 11.6. The van der Waals surface area contributed by atoms with Gasteiger partial charge in [-0.1, -0.05) is 35.6 Å². The predicted octanol–water partition coefficient (Wildman–Crippen LogP) is 4.11. The highest BCUT2D eigenvalue weighted by molar-refractivity contribution is 7.22. The number of urea groups is 1. The van der Waals surface area contributed by atoms with Gasteiger partial charge in [-0.15, -0.1) is 0 Å². The number of aromatic nitrogens is 1. The van der Waals surface area contributed by atoms with Gasteiger partial charge in [-0.05, 0) is 30.7 Å². The zero-order chi connectivity index (χ0) is 16.2. The molecule has 3 aromatic rings. The van der Waals surface area contributed by atoms with E-state index in [1.807, 2.05) is 49.4 Å². The van der Waals surface area contributed by atoms with Crippen molar-refractivity contribution in [2.75, 3.05) is 19.0 Å². The van der Waals surface area contributed by atoms with E-state index < -0.39 is 0 Å². The number of fused-ring (bicyclic) bond motifs is 1. The van der Waals surface area contributed by atoms with Gasteiger partial charge in [0.15, 0.2) is 5.13 Å². The van der Waals surface area contributed by atoms with Gasteiger partial charge in [0.2, 0.25) is 0 Å². The lowest BCUT2D eigenvalue weighted by Crippen LogP contribution is -2.28. The van der Waals surface area contributed by atoms with Crippen molar-refractivity contribution in [3.63, 3.8) is 0 Å². The summed E-state index contributed by atoms with van der Waals surface area (Å²) in [4.78, 5) is 16.1. The summed E-state index contributed by atoms with van der Waals surface area (Å²) < 4.78 is 6.44. The molecule has 2 N–H and O–H groups in total. The Bertz CT molecular complexity index is 845. The number of anilines is 1. The third-order valence-corrected chi connectivity index (χ3v) is 4.32. The van der Waals surface area contributed by atoms with Crippen LogP contribution in [-0.2, 0) is 0 Å². The summed E-state index contributed by atoms with van der Waals surface area (Å²) in [6.07, 6.45) is 0. The van der Waals surface area contributed by atoms with Crippen molar-refractivity contribution in [2.24, 2.45) is 0 Å². The van der Waals surface area contributed by atoms with Crippen molar-refractivity contribution in [3.8, 4) is 16.9 Å². The summed E-state index contributed by atoms with van der Waals surface area (Å²) in [5.74, 6) is 0.822. The lowest BCUT2D eigenvalue weighted by Gasteiger charge is -2.07. The average molecular weight is 327 g/mol. The van der Waals surface area contributed by atoms with Crippen LogP contribution in [0.1, 0.15) is 6.92 Å². The Balaban J connectivity index is 1.94. The highest BCUT2D eigenvalue weighted by atomic mass is 32.1. The Kier molecular flexibility index (Phi) is 4.43. The van der Waals surface area contributed by atoms with E-state index in [-0.39, 0.29) is 6.03 Å². The molecule has 23 heavy (non-hydrogen) atoms. The smallest absolute Gasteiger partial charge is 0.321 e. The lowest BCUT2D eigenvalue weighted by atomic mass is 10.0. The Morgan fingerprint density at radius 1 is 1.26 bits per heavy atom. The minimum Gasteiger partial charge on any atom is -0.496 e. The summed E-state index contributed by atoms with van der Waals surface area (Å²) in [5.41, 5.74) is 2.90. The van der Waals surface area contributed by atoms with Crippen LogP contribution in [0.2, 0.25) is 0 Å². The molecule has 0 fully saturated rings. The zero-order valence-electron chi connectivity index (χ0n) is 12.9. The number of rotatable bonds is 4. The number of thiazole rings is 1. The first kappa shape index (κ1) is 15.3. The summed E-state index contributed by atoms with van der Waals surface area (Å²) in [5, 5.41) is 6.02. The largest absolute Gasteiger partial charge is 0.496 e. The van der Waals surface area contributed by atoms with Gasteiger partial charge in [-0.3, -0.25) is 5.32 Å². The second kappa shape index (κ2) is 6.66. The van der Waals surface area contributed by atoms with Crippen LogP contribution in [0, 0.1) is 0 Å². The molecule has 6 heteroatoms. The first-order valence-corrected chi connectivity index (χ1v) is 8.11. The number of hydrogen-bond acceptors (Lipinski definition) is 4. The van der Waals surface area contributed by atoms with E-state index in [4.69, 9.17) is 4.74 Å². The molecule has 2 aromatic carbocycles. The molecule has 2 amide bonds. The third-order valence-electron chi connectivity index (χ3n) is 3.36. The molecule has 5 nitrogen and oxygen atoms in total. The third kappa shape index (κ3) is 3.27. The topological polar surface area (TPSA) is 63.2 Å². The first-order chi connectivity index (χ1) is 11.2. The highest BCUT2D eigenvalue weighted by Crippen LogP contribution is 2.34. The number of benzene rings is 2. The number of carbonyl (C=O) groups is 1. The molecule has 0 radical (unpaired) electrons. The second-order valence-corrected chi connectivity index (χ2v) is 5.92. The van der Waals surface area contributed by atoms with Gasteiger partial charge in [-0.2, -0.15) is 0 Å². The van der Waals surface area contributed by atoms with Crippen LogP contribution >= 0.6 is 11.3 Å². The quantitative estimate of drug-likeness (QED) is 0.758. The number of hydrogen-bond donors (Lipinski definition) is 2. The lowest BCUT2D eigenvalue weighted by molar-refractivity contribution is 0.252. The highest BCUT2D eigenvalue weighted by Gasteiger charge is 2.10. The van der Waals surface area contributed by atoms with Gasteiger partial charge >= 0.3 is 6.03 Å². The summed E-state index contributed by atoms with van der Waals surface area (Å²) in [6.45, 7) is 2.45. The van der Waals surface area contributed by atoms with Crippen molar-refractivity contribution in [3.05, 3.63) is 42.5 Å². The maximum atomic E-state index is 11.6. The minimum absolute atomic E-state index is 0.239. The molecule has 0 aliphatic heterocycles. The van der Waals surface area contributed by atoms with Crippen LogP contribution in [0.25, 0.3) is 21.3 Å². The molecule has 0 saturated heterocycles. The van der Waals surface area contributed by atoms with Crippen LogP contribution in [0.4, 0.5) is 9.93 Å². The van der Waals surface area contributed by atoms with E-state index in [9.17, 15) is 4.79 Å². The molecule has 0 atom stereocenters. The van der Waals surface area contributed by atoms with Gasteiger partial charge in [0.1, 0.15) is 5.75 Å². The number of para-hydroxylation sites is 1. The van der Waals surface area contributed by atoms with Crippen LogP contribution < -0.4 is 15.4 Å². The van der Waals surface area contributed by atoms with Crippen molar-refractivity contribution >= 4 is 32.7 Å². The fraction of sp³-hybridized carbons (Fsp3) is 0.176. The maximum Gasteiger partial charge on any atom is 0.321 e. The fourth-order valence-corrected chi connectivity index (χ4v) is 3.17. The standard InChI is InChI=1S/C17H17N3O2S/c1-3-18-16(21)20-17-19-13-10-11(8-9-15(13)23-17)12-6-4-5-7-14(12)22-2/h4-10H,3H2,1-2H3,(H2,18,19,20,21). The molecular weight excluding hydrogens is 310 g/mol. The molecule has 0 spiro atoms. The SMILES string of the molecule is CCNC(=O)Nc1nc2cc(-c3ccccc3OC)ccc2s1. The number of amides is 2. The molecule has 0 bridgehead atoms. The fourth-order valence-electron chi connectivity index (χ4n) is 2.33. The van der Waals surface area contributed by atoms with Crippen LogP contribution in [0.3, 0.4) is 0 Å². The Hall–Kier alpha value is -2.60. The van der Waals surface area contributed by atoms with Crippen LogP contribution in [0.5, 0.6) is 5.75 Å². The molecule has 0 aliphatic rings. The van der Waals surface area contributed by atoms with E-state index >= 15 is 0 Å². The normalized spacial score (nSPS) is 10.5. The Morgan fingerprint density at radius 3 is 2.87 bits per heavy atom. The predicted molar refractivity (Wildman–Crippen MR) is 94.3 cm³/mol. The van der Waals surface area contributed by atoms with Crippen molar-refractivity contribution in [1.29, 1.82) is 0 Å². The second-order valence-electron chi connectivity index (χ2n) is 4.89. The van der Waals surface area contributed by atoms with Crippen LogP contribution in [-0.4, -0.2) is 24.7 Å². The van der Waals surface area contributed by atoms with E-state index in [0.717, 1.165) is 27.1 Å². The van der Waals surface area contributed by atoms with E-state index in [2.05, 4.69) is 15.6 Å². The first-order valence-electron chi connectivity index (χ1n) is 7.30. The molecule has 0 saturated carbocycles. The summed E-state index contributed by atoms with van der Waals surface area (Å²) in [7, 11) is 1.66. The molecule has 118 valence electrons. The van der Waals surface area contributed by atoms with Gasteiger partial charge in [0, 0.05) is 12.1 Å². The Morgan fingerprint density at radius 2 is 2.09 bits per heavy atom. The van der Waals surface area contributed by atoms with Crippen molar-refractivity contribution < 1.29 is 9.53 Å². The molecule has 1 heterocycles.